The predicted octanol–water partition coefficient (Wildman–Crippen LogP) is 3.92. The first kappa shape index (κ1) is 12.8. The fourth-order valence-corrected chi connectivity index (χ4v) is 2.44. The molecule has 0 spiro atoms. The standard InChI is InChI=1S/C17H21N/c1-12-10-14(3)16(11-13(12)2)17(18-4)15-8-6-5-7-9-15/h5-11,17-18H,1-4H3. The summed E-state index contributed by atoms with van der Waals surface area (Å²) >= 11 is 0. The average Bonchev–Trinajstić information content (AvgIpc) is 2.38. The molecule has 0 aromatic heterocycles. The molecule has 1 heteroatoms. The first-order chi connectivity index (χ1) is 8.63. The fraction of sp³-hybridized carbons (Fsp3) is 0.294. The third-order valence-electron chi connectivity index (χ3n) is 3.61. The Balaban J connectivity index is 2.49. The highest BCUT2D eigenvalue weighted by Crippen LogP contribution is 2.26. The van der Waals surface area contributed by atoms with Gasteiger partial charge in [0.2, 0.25) is 0 Å². The first-order valence-corrected chi connectivity index (χ1v) is 6.43. The van der Waals surface area contributed by atoms with E-state index in [1.807, 2.05) is 7.05 Å². The van der Waals surface area contributed by atoms with E-state index in [0.29, 0.717) is 0 Å². The Hall–Kier alpha value is -1.60. The largest absolute Gasteiger partial charge is 0.309 e. The zero-order chi connectivity index (χ0) is 13.1. The maximum Gasteiger partial charge on any atom is 0.0576 e. The Morgan fingerprint density at radius 1 is 0.833 bits per heavy atom. The lowest BCUT2D eigenvalue weighted by Crippen LogP contribution is -2.18. The maximum absolute atomic E-state index is 3.42. The fourth-order valence-electron chi connectivity index (χ4n) is 2.44. The molecule has 2 rings (SSSR count). The normalized spacial score (nSPS) is 12.4. The lowest BCUT2D eigenvalue weighted by molar-refractivity contribution is 0.686. The van der Waals surface area contributed by atoms with Crippen LogP contribution >= 0.6 is 0 Å². The van der Waals surface area contributed by atoms with Crippen LogP contribution in [0, 0.1) is 20.8 Å². The molecule has 1 unspecified atom stereocenters. The van der Waals surface area contributed by atoms with Crippen LogP contribution in [0.15, 0.2) is 42.5 Å². The summed E-state index contributed by atoms with van der Waals surface area (Å²) in [7, 11) is 2.02. The molecule has 0 radical (unpaired) electrons. The lowest BCUT2D eigenvalue weighted by Gasteiger charge is -2.21. The third kappa shape index (κ3) is 2.46. The van der Waals surface area contributed by atoms with E-state index in [1.165, 1.54) is 27.8 Å². The van der Waals surface area contributed by atoms with Crippen molar-refractivity contribution >= 4 is 0 Å². The molecule has 0 saturated heterocycles. The smallest absolute Gasteiger partial charge is 0.0576 e. The second-order valence-corrected chi connectivity index (χ2v) is 4.93. The number of hydrogen-bond acceptors (Lipinski definition) is 1. The SMILES string of the molecule is CNC(c1ccccc1)c1cc(C)c(C)cc1C. The number of rotatable bonds is 3. The van der Waals surface area contributed by atoms with Crippen molar-refractivity contribution in [1.29, 1.82) is 0 Å². The molecule has 0 saturated carbocycles. The van der Waals surface area contributed by atoms with Crippen LogP contribution in [-0.4, -0.2) is 7.05 Å². The molecule has 0 heterocycles. The maximum atomic E-state index is 3.42. The van der Waals surface area contributed by atoms with Crippen LogP contribution in [0.2, 0.25) is 0 Å². The molecule has 1 nitrogen and oxygen atoms in total. The van der Waals surface area contributed by atoms with Gasteiger partial charge in [-0.3, -0.25) is 0 Å². The zero-order valence-corrected chi connectivity index (χ0v) is 11.6. The van der Waals surface area contributed by atoms with Crippen LogP contribution in [0.3, 0.4) is 0 Å². The zero-order valence-electron chi connectivity index (χ0n) is 11.6. The van der Waals surface area contributed by atoms with Crippen molar-refractivity contribution in [2.24, 2.45) is 0 Å². The van der Waals surface area contributed by atoms with E-state index in [4.69, 9.17) is 0 Å². The van der Waals surface area contributed by atoms with E-state index >= 15 is 0 Å². The minimum atomic E-state index is 0.269. The Labute approximate surface area is 110 Å². The van der Waals surface area contributed by atoms with Gasteiger partial charge in [-0.2, -0.15) is 0 Å². The van der Waals surface area contributed by atoms with E-state index in [0.717, 1.165) is 0 Å². The van der Waals surface area contributed by atoms with Gasteiger partial charge >= 0.3 is 0 Å². The Bertz CT molecular complexity index is 529. The van der Waals surface area contributed by atoms with Crippen molar-refractivity contribution in [1.82, 2.24) is 5.32 Å². The monoisotopic (exact) mass is 239 g/mol. The van der Waals surface area contributed by atoms with Crippen molar-refractivity contribution in [3.8, 4) is 0 Å². The molecule has 0 aliphatic heterocycles. The highest BCUT2D eigenvalue weighted by Gasteiger charge is 2.14. The van der Waals surface area contributed by atoms with Gasteiger partial charge in [0, 0.05) is 0 Å². The van der Waals surface area contributed by atoms with Crippen LogP contribution in [0.4, 0.5) is 0 Å². The minimum absolute atomic E-state index is 0.269. The molecular weight excluding hydrogens is 218 g/mol. The van der Waals surface area contributed by atoms with E-state index in [1.54, 1.807) is 0 Å². The molecule has 0 aliphatic carbocycles. The lowest BCUT2D eigenvalue weighted by atomic mass is 9.92. The summed E-state index contributed by atoms with van der Waals surface area (Å²) in [6, 6.07) is 15.4. The molecule has 1 atom stereocenters. The molecule has 18 heavy (non-hydrogen) atoms. The van der Waals surface area contributed by atoms with Gasteiger partial charge in [-0.05, 0) is 55.6 Å². The molecule has 2 aromatic rings. The van der Waals surface area contributed by atoms with E-state index in [-0.39, 0.29) is 6.04 Å². The van der Waals surface area contributed by atoms with Gasteiger partial charge in [0.1, 0.15) is 0 Å². The van der Waals surface area contributed by atoms with Gasteiger partial charge in [-0.1, -0.05) is 42.5 Å². The van der Waals surface area contributed by atoms with Gasteiger partial charge in [0.05, 0.1) is 6.04 Å². The predicted molar refractivity (Wildman–Crippen MR) is 78.0 cm³/mol. The quantitative estimate of drug-likeness (QED) is 0.856. The molecule has 0 fully saturated rings. The molecule has 0 bridgehead atoms. The van der Waals surface area contributed by atoms with Crippen molar-refractivity contribution in [2.45, 2.75) is 26.8 Å². The summed E-state index contributed by atoms with van der Waals surface area (Å²) < 4.78 is 0. The van der Waals surface area contributed by atoms with Crippen molar-refractivity contribution in [3.63, 3.8) is 0 Å². The van der Waals surface area contributed by atoms with Gasteiger partial charge < -0.3 is 5.32 Å². The first-order valence-electron chi connectivity index (χ1n) is 6.43. The molecule has 2 aromatic carbocycles. The summed E-state index contributed by atoms with van der Waals surface area (Å²) in [5.41, 5.74) is 6.74. The van der Waals surface area contributed by atoms with E-state index < -0.39 is 0 Å². The van der Waals surface area contributed by atoms with Crippen LogP contribution in [0.5, 0.6) is 0 Å². The summed E-state index contributed by atoms with van der Waals surface area (Å²) in [6.45, 7) is 6.54. The van der Waals surface area contributed by atoms with Crippen LogP contribution < -0.4 is 5.32 Å². The second kappa shape index (κ2) is 5.36. The summed E-state index contributed by atoms with van der Waals surface area (Å²) in [6.07, 6.45) is 0. The number of aryl methyl sites for hydroxylation is 3. The third-order valence-corrected chi connectivity index (χ3v) is 3.61. The topological polar surface area (TPSA) is 12.0 Å². The number of hydrogen-bond donors (Lipinski definition) is 1. The van der Waals surface area contributed by atoms with Gasteiger partial charge in [-0.25, -0.2) is 0 Å². The molecule has 0 aliphatic rings. The number of benzene rings is 2. The van der Waals surface area contributed by atoms with Crippen LogP contribution in [-0.2, 0) is 0 Å². The van der Waals surface area contributed by atoms with E-state index in [2.05, 4.69) is 68.6 Å². The molecule has 1 N–H and O–H groups in total. The Kier molecular flexibility index (Phi) is 3.83. The van der Waals surface area contributed by atoms with Crippen molar-refractivity contribution in [2.75, 3.05) is 7.05 Å². The average molecular weight is 239 g/mol. The minimum Gasteiger partial charge on any atom is -0.309 e. The van der Waals surface area contributed by atoms with E-state index in [9.17, 15) is 0 Å². The Morgan fingerprint density at radius 2 is 1.44 bits per heavy atom. The highest BCUT2D eigenvalue weighted by molar-refractivity contribution is 5.42. The van der Waals surface area contributed by atoms with Crippen molar-refractivity contribution in [3.05, 3.63) is 70.3 Å². The Morgan fingerprint density at radius 3 is 2.06 bits per heavy atom. The van der Waals surface area contributed by atoms with Crippen LogP contribution in [0.1, 0.15) is 33.9 Å². The van der Waals surface area contributed by atoms with Gasteiger partial charge in [0.25, 0.3) is 0 Å². The molecule has 0 amide bonds. The molecular formula is C17H21N. The van der Waals surface area contributed by atoms with Gasteiger partial charge in [-0.15, -0.1) is 0 Å². The summed E-state index contributed by atoms with van der Waals surface area (Å²) in [5.74, 6) is 0. The van der Waals surface area contributed by atoms with Crippen molar-refractivity contribution < 1.29 is 0 Å². The summed E-state index contributed by atoms with van der Waals surface area (Å²) in [5, 5.41) is 3.42. The molecule has 94 valence electrons. The number of nitrogens with one attached hydrogen (secondary N) is 1. The highest BCUT2D eigenvalue weighted by atomic mass is 14.9. The van der Waals surface area contributed by atoms with Gasteiger partial charge in [0.15, 0.2) is 0 Å². The van der Waals surface area contributed by atoms with Crippen LogP contribution in [0.25, 0.3) is 0 Å². The second-order valence-electron chi connectivity index (χ2n) is 4.93. The summed E-state index contributed by atoms with van der Waals surface area (Å²) in [4.78, 5) is 0.